The fourth-order valence-electron chi connectivity index (χ4n) is 0.826. The van der Waals surface area contributed by atoms with Crippen LogP contribution < -0.4 is 0 Å². The number of aliphatic hydroxyl groups is 1. The van der Waals surface area contributed by atoms with Gasteiger partial charge in [0.05, 0.1) is 11.5 Å². The van der Waals surface area contributed by atoms with Crippen LogP contribution in [-0.2, 0) is 4.79 Å². The lowest BCUT2D eigenvalue weighted by atomic mass is 9.83. The van der Waals surface area contributed by atoms with Gasteiger partial charge >= 0.3 is 5.97 Å². The minimum atomic E-state index is -0.919. The third-order valence-electron chi connectivity index (χ3n) is 2.25. The second-order valence-electron chi connectivity index (χ2n) is 3.57. The summed E-state index contributed by atoms with van der Waals surface area (Å²) in [6, 6.07) is 0. The summed E-state index contributed by atoms with van der Waals surface area (Å²) >= 11 is 0. The molecule has 0 aliphatic rings. The van der Waals surface area contributed by atoms with Crippen LogP contribution in [0.5, 0.6) is 0 Å². The Bertz CT molecular complexity index is 146. The molecule has 3 nitrogen and oxygen atoms in total. The highest BCUT2D eigenvalue weighted by molar-refractivity contribution is 5.69. The molecule has 0 aromatic rings. The molecule has 0 spiro atoms. The van der Waals surface area contributed by atoms with Crippen molar-refractivity contribution >= 4 is 5.97 Å². The van der Waals surface area contributed by atoms with Crippen LogP contribution in [0.25, 0.3) is 0 Å². The first-order valence-corrected chi connectivity index (χ1v) is 3.72. The van der Waals surface area contributed by atoms with Crippen LogP contribution in [-0.4, -0.2) is 21.8 Å². The first kappa shape index (κ1) is 10.4. The monoisotopic (exact) mass is 160 g/mol. The highest BCUT2D eigenvalue weighted by Crippen LogP contribution is 2.23. The van der Waals surface area contributed by atoms with Crippen molar-refractivity contribution in [2.45, 2.75) is 33.3 Å². The Hall–Kier alpha value is -0.570. The third kappa shape index (κ3) is 2.89. The van der Waals surface area contributed by atoms with Gasteiger partial charge in [0.2, 0.25) is 0 Å². The predicted molar refractivity (Wildman–Crippen MR) is 42.3 cm³/mol. The molecule has 0 amide bonds. The topological polar surface area (TPSA) is 57.5 Å². The Morgan fingerprint density at radius 1 is 1.36 bits per heavy atom. The molecule has 0 fully saturated rings. The Morgan fingerprint density at radius 2 is 1.73 bits per heavy atom. The summed E-state index contributed by atoms with van der Waals surface area (Å²) in [5, 5.41) is 18.0. The molecule has 0 aliphatic carbocycles. The van der Waals surface area contributed by atoms with Gasteiger partial charge in [0.15, 0.2) is 0 Å². The van der Waals surface area contributed by atoms with Crippen molar-refractivity contribution in [3.63, 3.8) is 0 Å². The summed E-state index contributed by atoms with van der Waals surface area (Å²) in [5.41, 5.74) is -0.919. The molecule has 0 aromatic heterocycles. The van der Waals surface area contributed by atoms with Gasteiger partial charge in [-0.05, 0) is 19.8 Å². The summed E-state index contributed by atoms with van der Waals surface area (Å²) in [6.45, 7) is 6.58. The second kappa shape index (κ2) is 3.22. The maximum atomic E-state index is 10.5. The molecule has 0 aromatic carbocycles. The van der Waals surface area contributed by atoms with E-state index in [1.165, 1.54) is 0 Å². The molecule has 0 heterocycles. The molecule has 0 saturated heterocycles. The van der Waals surface area contributed by atoms with Gasteiger partial charge in [-0.1, -0.05) is 13.8 Å². The van der Waals surface area contributed by atoms with Crippen LogP contribution in [0.15, 0.2) is 0 Å². The minimum absolute atomic E-state index is 0.236. The van der Waals surface area contributed by atoms with Crippen LogP contribution >= 0.6 is 0 Å². The third-order valence-corrected chi connectivity index (χ3v) is 2.25. The van der Waals surface area contributed by atoms with Crippen molar-refractivity contribution in [2.75, 3.05) is 0 Å². The van der Waals surface area contributed by atoms with E-state index >= 15 is 0 Å². The first-order valence-electron chi connectivity index (χ1n) is 3.72. The molecule has 3 heteroatoms. The first-order chi connectivity index (χ1) is 4.76. The Balaban J connectivity index is 4.25. The van der Waals surface area contributed by atoms with E-state index < -0.39 is 17.5 Å². The van der Waals surface area contributed by atoms with Crippen molar-refractivity contribution in [2.24, 2.45) is 11.8 Å². The van der Waals surface area contributed by atoms with Crippen molar-refractivity contribution in [3.05, 3.63) is 0 Å². The number of hydrogen-bond donors (Lipinski definition) is 2. The van der Waals surface area contributed by atoms with E-state index in [1.807, 2.05) is 0 Å². The van der Waals surface area contributed by atoms with Crippen LogP contribution in [0.3, 0.4) is 0 Å². The zero-order valence-electron chi connectivity index (χ0n) is 7.46. The zero-order valence-corrected chi connectivity index (χ0v) is 7.46. The van der Waals surface area contributed by atoms with Crippen LogP contribution in [0, 0.1) is 11.8 Å². The van der Waals surface area contributed by atoms with Crippen molar-refractivity contribution < 1.29 is 15.0 Å². The van der Waals surface area contributed by atoms with Gasteiger partial charge in [-0.15, -0.1) is 0 Å². The minimum Gasteiger partial charge on any atom is -0.481 e. The molecule has 2 atom stereocenters. The summed E-state index contributed by atoms with van der Waals surface area (Å²) in [6.07, 6.45) is 0. The van der Waals surface area contributed by atoms with E-state index in [4.69, 9.17) is 5.11 Å². The maximum Gasteiger partial charge on any atom is 0.306 e. The molecule has 0 bridgehead atoms. The normalized spacial score (nSPS) is 17.5. The number of aliphatic carboxylic acids is 1. The lowest BCUT2D eigenvalue weighted by Crippen LogP contribution is -2.36. The number of rotatable bonds is 3. The van der Waals surface area contributed by atoms with E-state index in [-0.39, 0.29) is 5.92 Å². The van der Waals surface area contributed by atoms with Gasteiger partial charge in [0, 0.05) is 0 Å². The SMILES string of the molecule is CC(C(=O)O)[C@H](C)C(C)(C)O. The van der Waals surface area contributed by atoms with E-state index in [9.17, 15) is 9.90 Å². The average molecular weight is 160 g/mol. The molecule has 0 aliphatic heterocycles. The highest BCUT2D eigenvalue weighted by atomic mass is 16.4. The van der Waals surface area contributed by atoms with Crippen molar-refractivity contribution in [3.8, 4) is 0 Å². The number of carboxylic acid groups (broad SMARTS) is 1. The number of carboxylic acids is 1. The van der Waals surface area contributed by atoms with E-state index in [0.717, 1.165) is 0 Å². The van der Waals surface area contributed by atoms with Crippen LogP contribution in [0.2, 0.25) is 0 Å². The van der Waals surface area contributed by atoms with Crippen molar-refractivity contribution in [1.82, 2.24) is 0 Å². The summed E-state index contributed by atoms with van der Waals surface area (Å²) in [7, 11) is 0. The molecular formula is C8H16O3. The number of carbonyl (C=O) groups is 1. The smallest absolute Gasteiger partial charge is 0.306 e. The average Bonchev–Trinajstić information content (AvgIpc) is 1.82. The fourth-order valence-corrected chi connectivity index (χ4v) is 0.826. The number of hydrogen-bond acceptors (Lipinski definition) is 2. The Kier molecular flexibility index (Phi) is 3.05. The largest absolute Gasteiger partial charge is 0.481 e. The van der Waals surface area contributed by atoms with Gasteiger partial charge in [-0.3, -0.25) is 4.79 Å². The predicted octanol–water partition coefficient (Wildman–Crippen LogP) is 1.11. The zero-order chi connectivity index (χ0) is 9.23. The molecule has 2 N–H and O–H groups in total. The lowest BCUT2D eigenvalue weighted by molar-refractivity contribution is -0.146. The van der Waals surface area contributed by atoms with E-state index in [0.29, 0.717) is 0 Å². The van der Waals surface area contributed by atoms with Crippen LogP contribution in [0.4, 0.5) is 0 Å². The molecular weight excluding hydrogens is 144 g/mol. The van der Waals surface area contributed by atoms with Crippen LogP contribution in [0.1, 0.15) is 27.7 Å². The van der Waals surface area contributed by atoms with Gasteiger partial charge in [0.25, 0.3) is 0 Å². The van der Waals surface area contributed by atoms with E-state index in [2.05, 4.69) is 0 Å². The molecule has 1 unspecified atom stereocenters. The maximum absolute atomic E-state index is 10.5. The quantitative estimate of drug-likeness (QED) is 0.650. The Morgan fingerprint density at radius 3 is 1.82 bits per heavy atom. The summed E-state index contributed by atoms with van der Waals surface area (Å²) in [4.78, 5) is 10.5. The molecule has 0 radical (unpaired) electrons. The summed E-state index contributed by atoms with van der Waals surface area (Å²) < 4.78 is 0. The molecule has 11 heavy (non-hydrogen) atoms. The fraction of sp³-hybridized carbons (Fsp3) is 0.875. The highest BCUT2D eigenvalue weighted by Gasteiger charge is 2.31. The standard InChI is InChI=1S/C8H16O3/c1-5(7(9)10)6(2)8(3,4)11/h5-6,11H,1-4H3,(H,9,10)/t5?,6-/m0/s1. The van der Waals surface area contributed by atoms with E-state index in [1.54, 1.807) is 27.7 Å². The molecule has 66 valence electrons. The van der Waals surface area contributed by atoms with Gasteiger partial charge in [-0.2, -0.15) is 0 Å². The Labute approximate surface area is 67.0 Å². The summed E-state index contributed by atoms with van der Waals surface area (Å²) in [5.74, 6) is -1.60. The second-order valence-corrected chi connectivity index (χ2v) is 3.57. The molecule has 0 saturated carbocycles. The van der Waals surface area contributed by atoms with Gasteiger partial charge in [-0.25, -0.2) is 0 Å². The molecule has 0 rings (SSSR count). The van der Waals surface area contributed by atoms with Gasteiger partial charge in [0.1, 0.15) is 0 Å². The lowest BCUT2D eigenvalue weighted by Gasteiger charge is -2.28. The van der Waals surface area contributed by atoms with Crippen molar-refractivity contribution in [1.29, 1.82) is 0 Å². The van der Waals surface area contributed by atoms with Gasteiger partial charge < -0.3 is 10.2 Å².